The van der Waals surface area contributed by atoms with Crippen molar-refractivity contribution in [3.05, 3.63) is 54.0 Å². The van der Waals surface area contributed by atoms with Gasteiger partial charge in [0.15, 0.2) is 0 Å². The van der Waals surface area contributed by atoms with Crippen LogP contribution in [0.4, 0.5) is 5.69 Å². The normalized spacial score (nSPS) is 11.3. The highest BCUT2D eigenvalue weighted by molar-refractivity contribution is 5.99. The molecule has 0 radical (unpaired) electrons. The first kappa shape index (κ1) is 18.1. The number of carbonyl (C=O) groups is 1. The summed E-state index contributed by atoms with van der Waals surface area (Å²) < 4.78 is 5.29. The van der Waals surface area contributed by atoms with Crippen molar-refractivity contribution in [3.8, 4) is 0 Å². The Morgan fingerprint density at radius 1 is 1.21 bits per heavy atom. The molecule has 2 aromatic rings. The van der Waals surface area contributed by atoms with Crippen LogP contribution in [-0.2, 0) is 6.54 Å². The molecule has 130 valence electrons. The second-order valence-corrected chi connectivity index (χ2v) is 6.66. The molecular formula is C19H26N2O3. The fraction of sp³-hybridized carbons (Fsp3) is 0.421. The van der Waals surface area contributed by atoms with Gasteiger partial charge < -0.3 is 20.2 Å². The average molecular weight is 330 g/mol. The van der Waals surface area contributed by atoms with Crippen LogP contribution in [0.1, 0.15) is 42.8 Å². The van der Waals surface area contributed by atoms with Gasteiger partial charge in [-0.05, 0) is 42.5 Å². The molecule has 5 nitrogen and oxygen atoms in total. The Morgan fingerprint density at radius 2 is 2.00 bits per heavy atom. The number of carbonyl (C=O) groups excluding carboxylic acids is 1. The van der Waals surface area contributed by atoms with Crippen molar-refractivity contribution in [1.29, 1.82) is 0 Å². The molecule has 0 aliphatic heterocycles. The van der Waals surface area contributed by atoms with Gasteiger partial charge in [-0.25, -0.2) is 0 Å². The fourth-order valence-corrected chi connectivity index (χ4v) is 2.37. The minimum absolute atomic E-state index is 0.0978. The van der Waals surface area contributed by atoms with Crippen molar-refractivity contribution in [2.24, 2.45) is 5.41 Å². The van der Waals surface area contributed by atoms with Crippen LogP contribution in [-0.4, -0.2) is 24.2 Å². The standard InChI is InChI=1S/C19H26N2O3/c1-19(2,14-22)10-6-11-20-18(23)16-8-3-4-9-17(16)21-13-15-7-5-12-24-15/h3-5,7-9,12,21-22H,6,10-11,13-14H2,1-2H3,(H,20,23). The van der Waals surface area contributed by atoms with Crippen molar-refractivity contribution >= 4 is 11.6 Å². The largest absolute Gasteiger partial charge is 0.467 e. The lowest BCUT2D eigenvalue weighted by Gasteiger charge is -2.21. The number of nitrogens with one attached hydrogen (secondary N) is 2. The summed E-state index contributed by atoms with van der Waals surface area (Å²) in [5.41, 5.74) is 1.29. The van der Waals surface area contributed by atoms with Gasteiger partial charge in [0.1, 0.15) is 5.76 Å². The molecule has 1 heterocycles. The van der Waals surface area contributed by atoms with Crippen LogP contribution in [0.5, 0.6) is 0 Å². The van der Waals surface area contributed by atoms with Crippen LogP contribution in [0.3, 0.4) is 0 Å². The molecule has 5 heteroatoms. The van der Waals surface area contributed by atoms with E-state index in [2.05, 4.69) is 10.6 Å². The first-order valence-corrected chi connectivity index (χ1v) is 8.26. The Bertz CT molecular complexity index is 636. The summed E-state index contributed by atoms with van der Waals surface area (Å²) in [5, 5.41) is 15.4. The summed E-state index contributed by atoms with van der Waals surface area (Å²) in [7, 11) is 0. The second-order valence-electron chi connectivity index (χ2n) is 6.66. The average Bonchev–Trinajstić information content (AvgIpc) is 3.10. The first-order chi connectivity index (χ1) is 11.5. The highest BCUT2D eigenvalue weighted by Gasteiger charge is 2.16. The Morgan fingerprint density at radius 3 is 2.71 bits per heavy atom. The minimum atomic E-state index is -0.104. The number of benzene rings is 1. The van der Waals surface area contributed by atoms with E-state index in [-0.39, 0.29) is 17.9 Å². The predicted octanol–water partition coefficient (Wildman–Crippen LogP) is 3.42. The number of aliphatic hydroxyl groups is 1. The van der Waals surface area contributed by atoms with E-state index in [1.54, 1.807) is 12.3 Å². The molecule has 0 aliphatic rings. The maximum Gasteiger partial charge on any atom is 0.253 e. The van der Waals surface area contributed by atoms with Gasteiger partial charge in [0, 0.05) is 18.8 Å². The molecule has 0 atom stereocenters. The summed E-state index contributed by atoms with van der Waals surface area (Å²) in [6, 6.07) is 11.2. The quantitative estimate of drug-likeness (QED) is 0.616. The van der Waals surface area contributed by atoms with E-state index in [0.29, 0.717) is 18.7 Å². The van der Waals surface area contributed by atoms with E-state index < -0.39 is 0 Å². The second kappa shape index (κ2) is 8.55. The van der Waals surface area contributed by atoms with Crippen LogP contribution >= 0.6 is 0 Å². The van der Waals surface area contributed by atoms with E-state index >= 15 is 0 Å². The van der Waals surface area contributed by atoms with Crippen LogP contribution in [0.15, 0.2) is 47.1 Å². The molecular weight excluding hydrogens is 304 g/mol. The maximum absolute atomic E-state index is 12.4. The summed E-state index contributed by atoms with van der Waals surface area (Å²) in [5.74, 6) is 0.718. The van der Waals surface area contributed by atoms with Crippen LogP contribution in [0, 0.1) is 5.41 Å². The third-order valence-corrected chi connectivity index (χ3v) is 3.95. The molecule has 0 aliphatic carbocycles. The smallest absolute Gasteiger partial charge is 0.253 e. The topological polar surface area (TPSA) is 74.5 Å². The number of aliphatic hydroxyl groups excluding tert-OH is 1. The Hall–Kier alpha value is -2.27. The Balaban J connectivity index is 1.87. The molecule has 0 unspecified atom stereocenters. The molecule has 3 N–H and O–H groups in total. The Labute approximate surface area is 143 Å². The number of hydrogen-bond acceptors (Lipinski definition) is 4. The fourth-order valence-electron chi connectivity index (χ4n) is 2.37. The molecule has 1 aromatic carbocycles. The number of furan rings is 1. The van der Waals surface area contributed by atoms with Gasteiger partial charge in [0.2, 0.25) is 0 Å². The third kappa shape index (κ3) is 5.42. The van der Waals surface area contributed by atoms with E-state index in [0.717, 1.165) is 24.3 Å². The molecule has 0 saturated heterocycles. The van der Waals surface area contributed by atoms with E-state index in [4.69, 9.17) is 4.42 Å². The zero-order valence-corrected chi connectivity index (χ0v) is 14.3. The lowest BCUT2D eigenvalue weighted by Crippen LogP contribution is -2.27. The summed E-state index contributed by atoms with van der Waals surface area (Å²) in [6.45, 7) is 5.31. The lowest BCUT2D eigenvalue weighted by atomic mass is 9.89. The highest BCUT2D eigenvalue weighted by Crippen LogP contribution is 2.21. The molecule has 24 heavy (non-hydrogen) atoms. The van der Waals surface area contributed by atoms with Crippen LogP contribution < -0.4 is 10.6 Å². The van der Waals surface area contributed by atoms with Gasteiger partial charge in [-0.3, -0.25) is 4.79 Å². The van der Waals surface area contributed by atoms with Gasteiger partial charge in [0.25, 0.3) is 5.91 Å². The maximum atomic E-state index is 12.4. The molecule has 0 spiro atoms. The van der Waals surface area contributed by atoms with Gasteiger partial charge >= 0.3 is 0 Å². The first-order valence-electron chi connectivity index (χ1n) is 8.26. The monoisotopic (exact) mass is 330 g/mol. The van der Waals surface area contributed by atoms with E-state index in [9.17, 15) is 9.90 Å². The highest BCUT2D eigenvalue weighted by atomic mass is 16.3. The van der Waals surface area contributed by atoms with Crippen molar-refractivity contribution < 1.29 is 14.3 Å². The molecule has 0 fully saturated rings. The minimum Gasteiger partial charge on any atom is -0.467 e. The number of para-hydroxylation sites is 1. The number of hydrogen-bond donors (Lipinski definition) is 3. The number of anilines is 1. The van der Waals surface area contributed by atoms with Gasteiger partial charge in [0.05, 0.1) is 18.4 Å². The van der Waals surface area contributed by atoms with Crippen LogP contribution in [0.25, 0.3) is 0 Å². The molecule has 0 saturated carbocycles. The number of amides is 1. The predicted molar refractivity (Wildman–Crippen MR) is 94.9 cm³/mol. The zero-order valence-electron chi connectivity index (χ0n) is 14.3. The van der Waals surface area contributed by atoms with E-state index in [1.807, 2.05) is 44.2 Å². The zero-order chi connectivity index (χ0) is 17.4. The van der Waals surface area contributed by atoms with Crippen molar-refractivity contribution in [2.45, 2.75) is 33.2 Å². The molecule has 2 rings (SSSR count). The molecule has 1 amide bonds. The summed E-state index contributed by atoms with van der Waals surface area (Å²) >= 11 is 0. The Kier molecular flexibility index (Phi) is 6.44. The van der Waals surface area contributed by atoms with Gasteiger partial charge in [-0.2, -0.15) is 0 Å². The van der Waals surface area contributed by atoms with Gasteiger partial charge in [-0.1, -0.05) is 26.0 Å². The van der Waals surface area contributed by atoms with Crippen molar-refractivity contribution in [3.63, 3.8) is 0 Å². The van der Waals surface area contributed by atoms with Crippen LogP contribution in [0.2, 0.25) is 0 Å². The third-order valence-electron chi connectivity index (χ3n) is 3.95. The van der Waals surface area contributed by atoms with Crippen molar-refractivity contribution in [2.75, 3.05) is 18.5 Å². The van der Waals surface area contributed by atoms with E-state index in [1.165, 1.54) is 0 Å². The molecule has 0 bridgehead atoms. The number of rotatable bonds is 9. The van der Waals surface area contributed by atoms with Crippen molar-refractivity contribution in [1.82, 2.24) is 5.32 Å². The summed E-state index contributed by atoms with van der Waals surface area (Å²) in [4.78, 5) is 12.4. The SMILES string of the molecule is CC(C)(CO)CCCNC(=O)c1ccccc1NCc1ccco1. The molecule has 1 aromatic heterocycles. The van der Waals surface area contributed by atoms with Gasteiger partial charge in [-0.15, -0.1) is 0 Å². The lowest BCUT2D eigenvalue weighted by molar-refractivity contribution is 0.0949. The summed E-state index contributed by atoms with van der Waals surface area (Å²) in [6.07, 6.45) is 3.33.